The molecule has 2 aromatic carbocycles. The summed E-state index contributed by atoms with van der Waals surface area (Å²) in [5.41, 5.74) is 0.419. The Morgan fingerprint density at radius 3 is 2.21 bits per heavy atom. The molecular weight excluding hydrogens is 375 g/mol. The lowest BCUT2D eigenvalue weighted by atomic mass is 10.2. The summed E-state index contributed by atoms with van der Waals surface area (Å²) >= 11 is 11.9. The fraction of sp³-hybridized carbons (Fsp3) is 0.200. The second-order valence-corrected chi connectivity index (χ2v) is 7.74. The highest BCUT2D eigenvalue weighted by Gasteiger charge is 2.26. The third-order valence-corrected chi connectivity index (χ3v) is 5.72. The highest BCUT2D eigenvalue weighted by molar-refractivity contribution is 7.92. The van der Waals surface area contributed by atoms with Crippen molar-refractivity contribution in [2.75, 3.05) is 10.8 Å². The van der Waals surface area contributed by atoms with Gasteiger partial charge in [-0.3, -0.25) is 14.4 Å². The van der Waals surface area contributed by atoms with Gasteiger partial charge in [-0.05, 0) is 38.1 Å². The second-order valence-electron chi connectivity index (χ2n) is 5.00. The summed E-state index contributed by atoms with van der Waals surface area (Å²) in [6.45, 7) is 3.30. The van der Waals surface area contributed by atoms with E-state index in [0.717, 1.165) is 10.4 Å². The number of aryl methyl sites for hydroxylation is 1. The van der Waals surface area contributed by atoms with E-state index in [-0.39, 0.29) is 17.1 Å². The summed E-state index contributed by atoms with van der Waals surface area (Å²) in [6.07, 6.45) is 0. The number of rotatable bonds is 5. The molecule has 0 heterocycles. The van der Waals surface area contributed by atoms with Crippen LogP contribution in [0.2, 0.25) is 10.0 Å². The van der Waals surface area contributed by atoms with E-state index in [0.29, 0.717) is 21.3 Å². The first-order valence-electron chi connectivity index (χ1n) is 6.90. The number of anilines is 1. The molecule has 0 N–H and O–H groups in total. The van der Waals surface area contributed by atoms with Crippen molar-refractivity contribution in [1.29, 1.82) is 0 Å². The number of hydrogen-bond donors (Lipinski definition) is 0. The van der Waals surface area contributed by atoms with Crippen LogP contribution in [0.25, 0.3) is 0 Å². The van der Waals surface area contributed by atoms with Gasteiger partial charge in [-0.15, -0.1) is 0 Å². The Morgan fingerprint density at radius 1 is 1.12 bits per heavy atom. The summed E-state index contributed by atoms with van der Waals surface area (Å²) in [6, 6.07) is 8.23. The van der Waals surface area contributed by atoms with Crippen molar-refractivity contribution < 1.29 is 13.3 Å². The Morgan fingerprint density at radius 2 is 1.71 bits per heavy atom. The molecule has 0 bridgehead atoms. The zero-order chi connectivity index (χ0) is 18.1. The number of nitro groups is 1. The molecule has 0 fully saturated rings. The van der Waals surface area contributed by atoms with Gasteiger partial charge >= 0.3 is 0 Å². The van der Waals surface area contributed by atoms with Gasteiger partial charge in [0.05, 0.1) is 15.5 Å². The predicted octanol–water partition coefficient (Wildman–Crippen LogP) is 4.43. The fourth-order valence-corrected chi connectivity index (χ4v) is 4.24. The molecule has 0 spiro atoms. The minimum atomic E-state index is -4.00. The lowest BCUT2D eigenvalue weighted by Crippen LogP contribution is -2.30. The molecule has 6 nitrogen and oxygen atoms in total. The molecule has 24 heavy (non-hydrogen) atoms. The smallest absolute Gasteiger partial charge is 0.267 e. The molecule has 0 aliphatic heterocycles. The summed E-state index contributed by atoms with van der Waals surface area (Å²) < 4.78 is 26.9. The number of hydrogen-bond acceptors (Lipinski definition) is 4. The van der Waals surface area contributed by atoms with Crippen LogP contribution in [0.4, 0.5) is 11.4 Å². The van der Waals surface area contributed by atoms with Crippen molar-refractivity contribution in [3.05, 3.63) is 62.1 Å². The van der Waals surface area contributed by atoms with Gasteiger partial charge in [0.2, 0.25) is 0 Å². The summed E-state index contributed by atoms with van der Waals surface area (Å²) in [5.74, 6) is 0. The molecule has 0 unspecified atom stereocenters. The van der Waals surface area contributed by atoms with E-state index in [9.17, 15) is 18.5 Å². The maximum absolute atomic E-state index is 12.9. The van der Waals surface area contributed by atoms with E-state index in [2.05, 4.69) is 0 Å². The molecular formula is C15H14Cl2N2O4S. The Hall–Kier alpha value is -1.83. The Bertz CT molecular complexity index is 880. The second kappa shape index (κ2) is 6.96. The summed E-state index contributed by atoms with van der Waals surface area (Å²) in [7, 11) is -4.00. The van der Waals surface area contributed by atoms with Gasteiger partial charge in [-0.1, -0.05) is 29.3 Å². The van der Waals surface area contributed by atoms with Crippen LogP contribution in [0, 0.1) is 17.0 Å². The highest BCUT2D eigenvalue weighted by atomic mass is 35.5. The molecule has 2 rings (SSSR count). The third kappa shape index (κ3) is 3.63. The zero-order valence-corrected chi connectivity index (χ0v) is 15.2. The fourth-order valence-electron chi connectivity index (χ4n) is 2.25. The van der Waals surface area contributed by atoms with Crippen LogP contribution in [0.5, 0.6) is 0 Å². The van der Waals surface area contributed by atoms with Crippen molar-refractivity contribution in [2.45, 2.75) is 18.7 Å². The quantitative estimate of drug-likeness (QED) is 0.560. The molecule has 0 radical (unpaired) electrons. The van der Waals surface area contributed by atoms with Crippen molar-refractivity contribution >= 4 is 44.6 Å². The molecule has 2 aromatic rings. The van der Waals surface area contributed by atoms with Crippen LogP contribution >= 0.6 is 23.2 Å². The van der Waals surface area contributed by atoms with Crippen molar-refractivity contribution in [3.8, 4) is 0 Å². The minimum absolute atomic E-state index is 0.112. The van der Waals surface area contributed by atoms with Gasteiger partial charge in [0, 0.05) is 28.2 Å². The normalized spacial score (nSPS) is 11.3. The Kier molecular flexibility index (Phi) is 5.37. The third-order valence-electron chi connectivity index (χ3n) is 3.39. The summed E-state index contributed by atoms with van der Waals surface area (Å²) in [5, 5.41) is 11.6. The Labute approximate surface area is 149 Å². The molecule has 0 saturated heterocycles. The van der Waals surface area contributed by atoms with Crippen molar-refractivity contribution in [3.63, 3.8) is 0 Å². The van der Waals surface area contributed by atoms with Gasteiger partial charge in [0.15, 0.2) is 0 Å². The van der Waals surface area contributed by atoms with Crippen LogP contribution in [-0.4, -0.2) is 19.9 Å². The standard InChI is InChI=1S/C15H14Cl2N2O4S/c1-3-18(13-7-11(16)6-12(17)8-13)24(22,23)14-5-4-10(2)15(9-14)19(20)21/h4-9H,3H2,1-2H3. The van der Waals surface area contributed by atoms with Crippen LogP contribution in [-0.2, 0) is 10.0 Å². The van der Waals surface area contributed by atoms with E-state index in [4.69, 9.17) is 23.2 Å². The first-order chi connectivity index (χ1) is 11.2. The monoisotopic (exact) mass is 388 g/mol. The summed E-state index contributed by atoms with van der Waals surface area (Å²) in [4.78, 5) is 10.3. The van der Waals surface area contributed by atoms with Crippen molar-refractivity contribution in [1.82, 2.24) is 0 Å². The van der Waals surface area contributed by atoms with Gasteiger partial charge in [-0.2, -0.15) is 0 Å². The van der Waals surface area contributed by atoms with E-state index in [1.165, 1.54) is 30.3 Å². The SMILES string of the molecule is CCN(c1cc(Cl)cc(Cl)c1)S(=O)(=O)c1ccc(C)c([N+](=O)[O-])c1. The zero-order valence-electron chi connectivity index (χ0n) is 12.9. The van der Waals surface area contributed by atoms with E-state index < -0.39 is 14.9 Å². The van der Waals surface area contributed by atoms with Crippen LogP contribution in [0.1, 0.15) is 12.5 Å². The van der Waals surface area contributed by atoms with E-state index in [1.807, 2.05) is 0 Å². The first kappa shape index (κ1) is 18.5. The minimum Gasteiger partial charge on any atom is -0.267 e. The van der Waals surface area contributed by atoms with Crippen LogP contribution in [0.15, 0.2) is 41.3 Å². The van der Waals surface area contributed by atoms with Crippen LogP contribution in [0.3, 0.4) is 0 Å². The lowest BCUT2D eigenvalue weighted by Gasteiger charge is -2.23. The van der Waals surface area contributed by atoms with Crippen LogP contribution < -0.4 is 4.31 Å². The molecule has 0 aliphatic carbocycles. The van der Waals surface area contributed by atoms with Gasteiger partial charge in [-0.25, -0.2) is 8.42 Å². The van der Waals surface area contributed by atoms with Gasteiger partial charge in [0.25, 0.3) is 15.7 Å². The average molecular weight is 389 g/mol. The Balaban J connectivity index is 2.59. The average Bonchev–Trinajstić information content (AvgIpc) is 2.46. The maximum Gasteiger partial charge on any atom is 0.273 e. The predicted molar refractivity (Wildman–Crippen MR) is 94.5 cm³/mol. The molecule has 0 atom stereocenters. The van der Waals surface area contributed by atoms with Gasteiger partial charge in [0.1, 0.15) is 0 Å². The molecule has 0 amide bonds. The molecule has 128 valence electrons. The number of halogens is 2. The van der Waals surface area contributed by atoms with E-state index in [1.54, 1.807) is 13.8 Å². The first-order valence-corrected chi connectivity index (χ1v) is 9.10. The topological polar surface area (TPSA) is 80.5 Å². The molecule has 0 saturated carbocycles. The maximum atomic E-state index is 12.9. The number of nitrogens with zero attached hydrogens (tertiary/aromatic N) is 2. The lowest BCUT2D eigenvalue weighted by molar-refractivity contribution is -0.385. The highest BCUT2D eigenvalue weighted by Crippen LogP contribution is 2.31. The molecule has 0 aromatic heterocycles. The number of sulfonamides is 1. The van der Waals surface area contributed by atoms with E-state index >= 15 is 0 Å². The molecule has 0 aliphatic rings. The largest absolute Gasteiger partial charge is 0.273 e. The number of benzene rings is 2. The number of nitro benzene ring substituents is 1. The van der Waals surface area contributed by atoms with Gasteiger partial charge < -0.3 is 0 Å². The molecule has 9 heteroatoms. The van der Waals surface area contributed by atoms with Crippen molar-refractivity contribution in [2.24, 2.45) is 0 Å².